The lowest BCUT2D eigenvalue weighted by Crippen LogP contribution is -2.17. The Morgan fingerprint density at radius 2 is 1.88 bits per heavy atom. The Bertz CT molecular complexity index is 579. The van der Waals surface area contributed by atoms with Gasteiger partial charge in [0.15, 0.2) is 5.78 Å². The maximum absolute atomic E-state index is 11.6. The number of nitrogens with one attached hydrogen (secondary N) is 1. The molecular weight excluding hydrogens is 222 g/mol. The fourth-order valence-electron chi connectivity index (χ4n) is 1.54. The zero-order valence-corrected chi connectivity index (χ0v) is 8.77. The van der Waals surface area contributed by atoms with E-state index < -0.39 is 24.0 Å². The molecule has 0 fully saturated rings. The van der Waals surface area contributed by atoms with Crippen LogP contribution in [0.2, 0.25) is 0 Å². The number of H-pyrrole nitrogens is 1. The molecule has 86 valence electrons. The van der Waals surface area contributed by atoms with Crippen LogP contribution in [0.1, 0.15) is 16.9 Å². The number of aromatic nitrogens is 1. The highest BCUT2D eigenvalue weighted by atomic mass is 16.4. The first-order chi connectivity index (χ1) is 8.08. The molecule has 0 amide bonds. The van der Waals surface area contributed by atoms with Gasteiger partial charge in [-0.1, -0.05) is 18.2 Å². The topological polar surface area (TPSA) is 87.2 Å². The summed E-state index contributed by atoms with van der Waals surface area (Å²) in [5, 5.41) is 9.25. The van der Waals surface area contributed by atoms with Crippen molar-refractivity contribution < 1.29 is 19.5 Å². The Hall–Kier alpha value is -2.43. The molecule has 2 aromatic rings. The van der Waals surface area contributed by atoms with Crippen LogP contribution in [0.3, 0.4) is 0 Å². The number of para-hydroxylation sites is 1. The van der Waals surface area contributed by atoms with Crippen LogP contribution >= 0.6 is 0 Å². The Labute approximate surface area is 96.1 Å². The maximum Gasteiger partial charge on any atom is 0.372 e. The van der Waals surface area contributed by atoms with Crippen molar-refractivity contribution in [3.63, 3.8) is 0 Å². The van der Waals surface area contributed by atoms with E-state index in [1.165, 1.54) is 0 Å². The number of carbonyl (C=O) groups is 3. The van der Waals surface area contributed by atoms with Crippen LogP contribution in [0.4, 0.5) is 0 Å². The molecule has 5 nitrogen and oxygen atoms in total. The van der Waals surface area contributed by atoms with E-state index in [2.05, 4.69) is 4.98 Å². The number of hydrogen-bond donors (Lipinski definition) is 2. The van der Waals surface area contributed by atoms with Crippen molar-refractivity contribution in [3.05, 3.63) is 36.0 Å². The van der Waals surface area contributed by atoms with Crippen LogP contribution in [0.25, 0.3) is 10.9 Å². The molecule has 0 saturated heterocycles. The Balaban J connectivity index is 2.25. The van der Waals surface area contributed by atoms with Gasteiger partial charge in [-0.15, -0.1) is 0 Å². The molecule has 1 heterocycles. The molecule has 0 aliphatic rings. The van der Waals surface area contributed by atoms with Crippen molar-refractivity contribution in [2.75, 3.05) is 0 Å². The molecule has 1 aromatic heterocycles. The number of Topliss-reactive ketones (excluding diaryl/α,β-unsaturated/α-hetero) is 2. The van der Waals surface area contributed by atoms with Crippen molar-refractivity contribution in [1.29, 1.82) is 0 Å². The highest BCUT2D eigenvalue weighted by Crippen LogP contribution is 2.15. The monoisotopic (exact) mass is 231 g/mol. The molecular formula is C12H9NO4. The lowest BCUT2D eigenvalue weighted by molar-refractivity contribution is -0.148. The Kier molecular flexibility index (Phi) is 2.74. The maximum atomic E-state index is 11.6. The van der Waals surface area contributed by atoms with Crippen LogP contribution in [-0.2, 0) is 9.59 Å². The quantitative estimate of drug-likeness (QED) is 0.473. The van der Waals surface area contributed by atoms with Crippen LogP contribution in [0.15, 0.2) is 30.3 Å². The van der Waals surface area contributed by atoms with Gasteiger partial charge >= 0.3 is 5.97 Å². The third-order valence-corrected chi connectivity index (χ3v) is 2.39. The molecule has 1 aromatic carbocycles. The van der Waals surface area contributed by atoms with E-state index >= 15 is 0 Å². The summed E-state index contributed by atoms with van der Waals surface area (Å²) in [5.74, 6) is -3.21. The standard InChI is InChI=1S/C12H9NO4/c14-10(6-11(15)12(16)17)9-5-7-3-1-2-4-8(7)13-9/h1-5,13H,6H2,(H,16,17). The van der Waals surface area contributed by atoms with E-state index in [4.69, 9.17) is 5.11 Å². The van der Waals surface area contributed by atoms with Crippen molar-refractivity contribution in [3.8, 4) is 0 Å². The molecule has 2 rings (SSSR count). The van der Waals surface area contributed by atoms with E-state index in [0.29, 0.717) is 0 Å². The highest BCUT2D eigenvalue weighted by molar-refractivity contribution is 6.37. The minimum absolute atomic E-state index is 0.251. The largest absolute Gasteiger partial charge is 0.475 e. The zero-order valence-electron chi connectivity index (χ0n) is 8.77. The summed E-state index contributed by atoms with van der Waals surface area (Å²) >= 11 is 0. The minimum Gasteiger partial charge on any atom is -0.475 e. The van der Waals surface area contributed by atoms with Gasteiger partial charge in [-0.2, -0.15) is 0 Å². The third kappa shape index (κ3) is 2.23. The van der Waals surface area contributed by atoms with Gasteiger partial charge in [0.25, 0.3) is 0 Å². The molecule has 0 atom stereocenters. The summed E-state index contributed by atoms with van der Waals surface area (Å²) in [6.45, 7) is 0. The Morgan fingerprint density at radius 3 is 2.53 bits per heavy atom. The summed E-state index contributed by atoms with van der Waals surface area (Å²) in [6, 6.07) is 8.86. The zero-order chi connectivity index (χ0) is 12.4. The molecule has 17 heavy (non-hydrogen) atoms. The fraction of sp³-hybridized carbons (Fsp3) is 0.0833. The van der Waals surface area contributed by atoms with Gasteiger partial charge in [0, 0.05) is 10.9 Å². The van der Waals surface area contributed by atoms with Gasteiger partial charge in [-0.3, -0.25) is 9.59 Å². The summed E-state index contributed by atoms with van der Waals surface area (Å²) in [4.78, 5) is 35.7. The molecule has 5 heteroatoms. The number of carboxylic acid groups (broad SMARTS) is 1. The van der Waals surface area contributed by atoms with Gasteiger partial charge in [0.2, 0.25) is 5.78 Å². The van der Waals surface area contributed by atoms with Crippen LogP contribution < -0.4 is 0 Å². The summed E-state index contributed by atoms with van der Waals surface area (Å²) in [6.07, 6.45) is -0.623. The molecule has 0 spiro atoms. The van der Waals surface area contributed by atoms with E-state index in [0.717, 1.165) is 10.9 Å². The lowest BCUT2D eigenvalue weighted by atomic mass is 10.1. The molecule has 2 N–H and O–H groups in total. The molecule has 0 unspecified atom stereocenters. The number of carboxylic acids is 1. The molecule has 0 aliphatic heterocycles. The number of rotatable bonds is 4. The average Bonchev–Trinajstić information content (AvgIpc) is 2.72. The van der Waals surface area contributed by atoms with Crippen molar-refractivity contribution in [2.45, 2.75) is 6.42 Å². The number of aliphatic carboxylic acids is 1. The number of ketones is 2. The second-order valence-corrected chi connectivity index (χ2v) is 3.60. The fourth-order valence-corrected chi connectivity index (χ4v) is 1.54. The normalized spacial score (nSPS) is 10.4. The molecule has 0 bridgehead atoms. The first-order valence-corrected chi connectivity index (χ1v) is 4.95. The predicted octanol–water partition coefficient (Wildman–Crippen LogP) is 1.39. The van der Waals surface area contributed by atoms with Crippen molar-refractivity contribution in [1.82, 2.24) is 4.98 Å². The second-order valence-electron chi connectivity index (χ2n) is 3.60. The summed E-state index contributed by atoms with van der Waals surface area (Å²) < 4.78 is 0. The average molecular weight is 231 g/mol. The minimum atomic E-state index is -1.59. The van der Waals surface area contributed by atoms with E-state index in [1.807, 2.05) is 18.2 Å². The first kappa shape index (κ1) is 11.1. The number of benzene rings is 1. The van der Waals surface area contributed by atoms with Gasteiger partial charge in [0.1, 0.15) is 0 Å². The molecule has 0 saturated carbocycles. The summed E-state index contributed by atoms with van der Waals surface area (Å²) in [7, 11) is 0. The smallest absolute Gasteiger partial charge is 0.372 e. The number of carbonyl (C=O) groups excluding carboxylic acids is 2. The van der Waals surface area contributed by atoms with Crippen molar-refractivity contribution in [2.24, 2.45) is 0 Å². The van der Waals surface area contributed by atoms with Gasteiger partial charge in [-0.05, 0) is 12.1 Å². The van der Waals surface area contributed by atoms with E-state index in [9.17, 15) is 14.4 Å². The predicted molar refractivity (Wildman–Crippen MR) is 59.9 cm³/mol. The van der Waals surface area contributed by atoms with Crippen LogP contribution in [-0.4, -0.2) is 27.6 Å². The van der Waals surface area contributed by atoms with Crippen molar-refractivity contribution >= 4 is 28.4 Å². The second kappa shape index (κ2) is 4.21. The SMILES string of the molecule is O=C(O)C(=O)CC(=O)c1cc2ccccc2[nH]1. The number of fused-ring (bicyclic) bond motifs is 1. The van der Waals surface area contributed by atoms with Gasteiger partial charge in [-0.25, -0.2) is 4.79 Å². The summed E-state index contributed by atoms with van der Waals surface area (Å²) in [5.41, 5.74) is 1.03. The number of hydrogen-bond acceptors (Lipinski definition) is 3. The van der Waals surface area contributed by atoms with Gasteiger partial charge < -0.3 is 10.1 Å². The Morgan fingerprint density at radius 1 is 1.18 bits per heavy atom. The van der Waals surface area contributed by atoms with Crippen LogP contribution in [0, 0.1) is 0 Å². The van der Waals surface area contributed by atoms with E-state index in [-0.39, 0.29) is 5.69 Å². The lowest BCUT2D eigenvalue weighted by Gasteiger charge is -1.93. The molecule has 0 aliphatic carbocycles. The number of aromatic amines is 1. The first-order valence-electron chi connectivity index (χ1n) is 4.95. The van der Waals surface area contributed by atoms with E-state index in [1.54, 1.807) is 12.1 Å². The van der Waals surface area contributed by atoms with Gasteiger partial charge in [0.05, 0.1) is 12.1 Å². The van der Waals surface area contributed by atoms with Crippen LogP contribution in [0.5, 0.6) is 0 Å². The highest BCUT2D eigenvalue weighted by Gasteiger charge is 2.18. The molecule has 0 radical (unpaired) electrons. The third-order valence-electron chi connectivity index (χ3n) is 2.39.